The van der Waals surface area contributed by atoms with Gasteiger partial charge in [0.1, 0.15) is 47.1 Å². The first-order valence-electron chi connectivity index (χ1n) is 41.4. The maximum atomic E-state index is 16.2. The van der Waals surface area contributed by atoms with E-state index in [0.29, 0.717) is 190 Å². The minimum Gasteiger partial charge on any atom is -0.495 e. The number of carbonyl (C=O) groups is 7. The van der Waals surface area contributed by atoms with E-state index in [-0.39, 0.29) is 92.2 Å². The fraction of sp³-hybridized carbons (Fsp3) is 0.575. The number of hydrogen-bond donors (Lipinski definition) is 4. The number of amides is 7. The Morgan fingerprint density at radius 1 is 0.612 bits per heavy atom. The zero-order valence-corrected chi connectivity index (χ0v) is 71.1. The van der Waals surface area contributed by atoms with Crippen LogP contribution < -0.4 is 25.6 Å². The summed E-state index contributed by atoms with van der Waals surface area (Å²) in [5.74, 6) is -3.72. The number of urea groups is 1. The zero-order valence-electron chi connectivity index (χ0n) is 71.1. The van der Waals surface area contributed by atoms with Gasteiger partial charge in [0, 0.05) is 87.1 Å². The molecule has 0 saturated carbocycles. The lowest BCUT2D eigenvalue weighted by Crippen LogP contribution is -2.50. The molecule has 9 rings (SSSR count). The second kappa shape index (κ2) is 49.7. The summed E-state index contributed by atoms with van der Waals surface area (Å²) in [6.07, 6.45) is 5.49. The Hall–Kier alpha value is -9.27. The first-order valence-corrected chi connectivity index (χ1v) is 41.4. The Morgan fingerprint density at radius 2 is 1.17 bits per heavy atom. The van der Waals surface area contributed by atoms with Gasteiger partial charge in [-0.25, -0.2) is 28.3 Å². The number of imide groups is 1. The summed E-state index contributed by atoms with van der Waals surface area (Å²) in [7, 11) is 3.14. The molecule has 3 saturated heterocycles. The molecule has 121 heavy (non-hydrogen) atoms. The first-order chi connectivity index (χ1) is 58.4. The van der Waals surface area contributed by atoms with Crippen LogP contribution in [0.25, 0.3) is 33.5 Å². The monoisotopic (exact) mass is 1690 g/mol. The van der Waals surface area contributed by atoms with Gasteiger partial charge in [0.05, 0.1) is 176 Å². The standard InChI is InChI=1S/C87H120F2N10O22/c1-62-69(79-70-59-73(93-80(70)92-61-91-79)64-11-9-63(10-12-64)17-25-96-27-20-87(21-28-96)22-29-97(30-23-87)82(104)65-13-16-75(108-8)74(55-65)99-26-18-77(101)95-83(99)105)57-67(88)58-72(62)94-81(103)68-15-14-66(56-71(68)89)86(5,6)120-78(102)60-98(84(106)121-85(2,3)4)31-24-90-76(100)19-32-109-35-36-111-39-40-113-43-44-115-47-48-117-51-52-119-54-53-118-50-49-116-46-45-114-42-41-112-38-37-110-34-33-107-7/h9-16,55-59,61H,17-54,60H2,1-8H3,(H,90,100)(H,94,103)(H,91,92,93)(H,95,101,105). The van der Waals surface area contributed by atoms with E-state index in [1.807, 2.05) is 23.1 Å². The summed E-state index contributed by atoms with van der Waals surface area (Å²) in [4.78, 5) is 111. The van der Waals surface area contributed by atoms with Gasteiger partial charge in [-0.3, -0.25) is 39.1 Å². The summed E-state index contributed by atoms with van der Waals surface area (Å²) in [5, 5.41) is 8.36. The van der Waals surface area contributed by atoms with Gasteiger partial charge in [0.25, 0.3) is 11.8 Å². The largest absolute Gasteiger partial charge is 0.495 e. The molecule has 5 heterocycles. The van der Waals surface area contributed by atoms with Crippen LogP contribution in [0, 0.1) is 24.0 Å². The normalized spacial score (nSPS) is 14.5. The van der Waals surface area contributed by atoms with Crippen LogP contribution in [0.2, 0.25) is 0 Å². The van der Waals surface area contributed by atoms with Gasteiger partial charge in [0.2, 0.25) is 11.8 Å². The maximum absolute atomic E-state index is 16.2. The Bertz CT molecular complexity index is 4270. The molecule has 7 amide bonds. The van der Waals surface area contributed by atoms with Crippen molar-refractivity contribution in [2.45, 2.75) is 97.7 Å². The van der Waals surface area contributed by atoms with Crippen LogP contribution in [0.5, 0.6) is 5.75 Å². The second-order valence-electron chi connectivity index (χ2n) is 30.9. The van der Waals surface area contributed by atoms with Crippen molar-refractivity contribution >= 4 is 64.1 Å². The number of halogens is 2. The van der Waals surface area contributed by atoms with Crippen molar-refractivity contribution in [3.8, 4) is 28.3 Å². The minimum atomic E-state index is -1.48. The molecule has 34 heteroatoms. The van der Waals surface area contributed by atoms with E-state index in [0.717, 1.165) is 80.0 Å². The minimum absolute atomic E-state index is 0.0165. The number of nitrogens with one attached hydrogen (secondary N) is 4. The fourth-order valence-electron chi connectivity index (χ4n) is 13.8. The van der Waals surface area contributed by atoms with Crippen LogP contribution in [-0.4, -0.2) is 302 Å². The molecular formula is C87H120F2N10O22. The van der Waals surface area contributed by atoms with E-state index in [1.54, 1.807) is 53.0 Å². The van der Waals surface area contributed by atoms with Crippen LogP contribution in [0.15, 0.2) is 85.2 Å². The van der Waals surface area contributed by atoms with Crippen LogP contribution in [-0.2, 0) is 92.7 Å². The summed E-state index contributed by atoms with van der Waals surface area (Å²) in [6, 6.07) is 21.0. The number of benzene rings is 4. The SMILES string of the molecule is COCCOCCOCCOCCOCCOCCOCCOCCOCCOCCOCCOCCC(=O)NCCN(CC(=O)OC(C)(C)c1ccc(C(=O)Nc2cc(F)cc(-c3ncnc4[nH]c(-c5ccc(CCN6CCC7(CC6)CCN(C(=O)c6ccc(OC)c(N8CCC(=O)NC8=O)c6)CC7)cc5)cc34)c2C)c(F)c1)C(=O)OC(C)(C)C. The number of rotatable bonds is 53. The van der Waals surface area contributed by atoms with E-state index >= 15 is 8.78 Å². The van der Waals surface area contributed by atoms with Crippen molar-refractivity contribution in [1.82, 2.24) is 40.3 Å². The van der Waals surface area contributed by atoms with Gasteiger partial charge in [-0.2, -0.15) is 0 Å². The van der Waals surface area contributed by atoms with Gasteiger partial charge < -0.3 is 96.5 Å². The average Bonchev–Trinajstić information content (AvgIpc) is 1.65. The number of ether oxygens (including phenoxy) is 15. The number of H-pyrrole nitrogens is 1. The second-order valence-corrected chi connectivity index (χ2v) is 30.9. The van der Waals surface area contributed by atoms with Crippen molar-refractivity contribution in [3.63, 3.8) is 0 Å². The lowest BCUT2D eigenvalue weighted by molar-refractivity contribution is -0.158. The van der Waals surface area contributed by atoms with Crippen molar-refractivity contribution in [2.75, 3.05) is 235 Å². The highest BCUT2D eigenvalue weighted by Gasteiger charge is 2.40. The van der Waals surface area contributed by atoms with Crippen LogP contribution >= 0.6 is 0 Å². The fourth-order valence-corrected chi connectivity index (χ4v) is 13.8. The van der Waals surface area contributed by atoms with Crippen molar-refractivity contribution < 1.29 is 113 Å². The molecule has 0 bridgehead atoms. The first kappa shape index (κ1) is 95.6. The van der Waals surface area contributed by atoms with Crippen LogP contribution in [0.1, 0.15) is 111 Å². The molecule has 4 aromatic carbocycles. The van der Waals surface area contributed by atoms with E-state index < -0.39 is 53.4 Å². The average molecular weight is 1700 g/mol. The van der Waals surface area contributed by atoms with Gasteiger partial charge >= 0.3 is 18.1 Å². The topological polar surface area (TPSA) is 349 Å². The number of carbonyl (C=O) groups excluding carboxylic acids is 7. The number of aromatic amines is 1. The smallest absolute Gasteiger partial charge is 0.410 e. The van der Waals surface area contributed by atoms with Gasteiger partial charge in [-0.1, -0.05) is 30.3 Å². The molecule has 0 radical (unpaired) electrons. The Balaban J connectivity index is 0.624. The van der Waals surface area contributed by atoms with Gasteiger partial charge in [0.15, 0.2) is 0 Å². The molecule has 3 fully saturated rings. The number of nitrogens with zero attached hydrogens (tertiary/aromatic N) is 6. The third-order valence-electron chi connectivity index (χ3n) is 20.7. The van der Waals surface area contributed by atoms with E-state index in [9.17, 15) is 33.6 Å². The van der Waals surface area contributed by atoms with Crippen molar-refractivity contribution in [2.24, 2.45) is 5.41 Å². The Labute approximate surface area is 706 Å². The van der Waals surface area contributed by atoms with Crippen molar-refractivity contribution in [3.05, 3.63) is 125 Å². The van der Waals surface area contributed by atoms with Crippen LogP contribution in [0.4, 0.5) is 29.7 Å². The molecule has 0 aliphatic carbocycles. The molecule has 0 unspecified atom stereocenters. The number of aromatic nitrogens is 3. The highest BCUT2D eigenvalue weighted by molar-refractivity contribution is 6.08. The van der Waals surface area contributed by atoms with E-state index in [4.69, 9.17) is 71.1 Å². The molecule has 4 N–H and O–H groups in total. The van der Waals surface area contributed by atoms with Gasteiger partial charge in [-0.15, -0.1) is 0 Å². The predicted octanol–water partition coefficient (Wildman–Crippen LogP) is 9.50. The van der Waals surface area contributed by atoms with Crippen LogP contribution in [0.3, 0.4) is 0 Å². The molecule has 3 aliphatic heterocycles. The molecule has 0 atom stereocenters. The molecule has 3 aliphatic rings. The Morgan fingerprint density at radius 3 is 1.70 bits per heavy atom. The van der Waals surface area contributed by atoms with E-state index in [2.05, 4.69) is 47.9 Å². The highest BCUT2D eigenvalue weighted by atomic mass is 19.1. The number of piperidine rings is 2. The number of hydrogen-bond acceptors (Lipinski definition) is 25. The van der Waals surface area contributed by atoms with Gasteiger partial charge in [-0.05, 0) is 163 Å². The number of likely N-dealkylation sites (tertiary alicyclic amines) is 2. The molecule has 1 spiro atoms. The molecule has 32 nitrogen and oxygen atoms in total. The number of esters is 1. The van der Waals surface area contributed by atoms with Crippen molar-refractivity contribution in [1.29, 1.82) is 0 Å². The summed E-state index contributed by atoms with van der Waals surface area (Å²) >= 11 is 0. The summed E-state index contributed by atoms with van der Waals surface area (Å²) in [6.45, 7) is 23.1. The number of anilines is 2. The quantitative estimate of drug-likeness (QED) is 0.0204. The maximum Gasteiger partial charge on any atom is 0.410 e. The molecule has 2 aromatic heterocycles. The third kappa shape index (κ3) is 31.5. The summed E-state index contributed by atoms with van der Waals surface area (Å²) < 4.78 is 114. The predicted molar refractivity (Wildman–Crippen MR) is 445 cm³/mol. The molecule has 6 aromatic rings. The molecular weight excluding hydrogens is 1580 g/mol. The lowest BCUT2D eigenvalue weighted by Gasteiger charge is -2.47. The zero-order chi connectivity index (χ0) is 86.4. The lowest BCUT2D eigenvalue weighted by atomic mass is 9.71. The Kier molecular flexibility index (Phi) is 39.3. The number of methoxy groups -OCH3 is 2. The third-order valence-corrected chi connectivity index (χ3v) is 20.7. The number of fused-ring (bicyclic) bond motifs is 1. The van der Waals surface area contributed by atoms with E-state index in [1.165, 1.54) is 55.9 Å². The molecule has 664 valence electrons. The highest BCUT2D eigenvalue weighted by Crippen LogP contribution is 2.43. The summed E-state index contributed by atoms with van der Waals surface area (Å²) in [5.41, 5.74) is 3.14.